The molecule has 1 fully saturated rings. The van der Waals surface area contributed by atoms with Crippen molar-refractivity contribution in [3.8, 4) is 6.07 Å². The molecule has 1 aliphatic rings. The lowest BCUT2D eigenvalue weighted by molar-refractivity contribution is -0.0534. The Morgan fingerprint density at radius 3 is 2.68 bits per heavy atom. The van der Waals surface area contributed by atoms with Gasteiger partial charge in [0, 0.05) is 18.4 Å². The van der Waals surface area contributed by atoms with E-state index in [1.807, 2.05) is 13.0 Å². The quantitative estimate of drug-likeness (QED) is 0.416. The minimum absolute atomic E-state index is 0.238. The van der Waals surface area contributed by atoms with Crippen LogP contribution in [0.3, 0.4) is 0 Å². The van der Waals surface area contributed by atoms with Gasteiger partial charge in [0.1, 0.15) is 30.2 Å². The first-order chi connectivity index (χ1) is 10.5. The molecule has 0 aliphatic carbocycles. The van der Waals surface area contributed by atoms with E-state index >= 15 is 0 Å². The minimum atomic E-state index is -1.22. The molecule has 0 unspecified atom stereocenters. The fourth-order valence-electron chi connectivity index (χ4n) is 2.66. The number of rotatable bonds is 4. The molecule has 1 saturated heterocycles. The van der Waals surface area contributed by atoms with Crippen LogP contribution in [0, 0.1) is 18.3 Å². The van der Waals surface area contributed by atoms with E-state index in [9.17, 15) is 15.5 Å². The van der Waals surface area contributed by atoms with Gasteiger partial charge in [0.15, 0.2) is 6.23 Å². The maximum Gasteiger partial charge on any atom is 0.163 e. The fourth-order valence-corrected chi connectivity index (χ4v) is 2.66. The monoisotopic (exact) mass is 308 g/mol. The summed E-state index contributed by atoms with van der Waals surface area (Å²) in [7, 11) is 0. The van der Waals surface area contributed by atoms with Crippen LogP contribution >= 0.6 is 0 Å². The van der Waals surface area contributed by atoms with Crippen molar-refractivity contribution >= 4 is 5.84 Å². The van der Waals surface area contributed by atoms with Crippen LogP contribution in [0.4, 0.5) is 0 Å². The van der Waals surface area contributed by atoms with Gasteiger partial charge in [-0.05, 0) is 13.8 Å². The van der Waals surface area contributed by atoms with Gasteiger partial charge in [-0.2, -0.15) is 5.26 Å². The Labute approximate surface area is 128 Å². The van der Waals surface area contributed by atoms with Gasteiger partial charge in [-0.15, -0.1) is 0 Å². The third-order valence-corrected chi connectivity index (χ3v) is 3.78. The Kier molecular flexibility index (Phi) is 4.83. The second kappa shape index (κ2) is 6.46. The van der Waals surface area contributed by atoms with E-state index in [0.29, 0.717) is 23.4 Å². The summed E-state index contributed by atoms with van der Waals surface area (Å²) in [5.74, 6) is 0.238. The van der Waals surface area contributed by atoms with Crippen LogP contribution in [-0.4, -0.2) is 57.2 Å². The van der Waals surface area contributed by atoms with Gasteiger partial charge in [0.2, 0.25) is 0 Å². The van der Waals surface area contributed by atoms with Gasteiger partial charge >= 0.3 is 0 Å². The van der Waals surface area contributed by atoms with E-state index in [1.54, 1.807) is 6.92 Å². The zero-order valence-electron chi connectivity index (χ0n) is 12.5. The second-order valence-electron chi connectivity index (χ2n) is 5.11. The number of nitriles is 1. The first-order valence-electron chi connectivity index (χ1n) is 7.00. The average molecular weight is 308 g/mol. The van der Waals surface area contributed by atoms with Crippen LogP contribution in [-0.2, 0) is 4.74 Å². The Morgan fingerprint density at radius 1 is 1.50 bits per heavy atom. The zero-order chi connectivity index (χ0) is 16.4. The highest BCUT2D eigenvalue weighted by molar-refractivity contribution is 6.00. The summed E-state index contributed by atoms with van der Waals surface area (Å²) in [5, 5.41) is 38.4. The molecule has 8 heteroatoms. The predicted octanol–water partition coefficient (Wildman–Crippen LogP) is -0.995. The van der Waals surface area contributed by atoms with Crippen molar-refractivity contribution < 1.29 is 20.1 Å². The first-order valence-corrected chi connectivity index (χ1v) is 7.00. The van der Waals surface area contributed by atoms with Crippen LogP contribution < -0.4 is 5.73 Å². The van der Waals surface area contributed by atoms with Crippen molar-refractivity contribution in [1.82, 2.24) is 4.57 Å². The molecule has 22 heavy (non-hydrogen) atoms. The van der Waals surface area contributed by atoms with E-state index in [-0.39, 0.29) is 5.84 Å². The highest BCUT2D eigenvalue weighted by atomic mass is 16.6. The molecule has 2 rings (SSSR count). The number of hydrogen-bond acceptors (Lipinski definition) is 6. The van der Waals surface area contributed by atoms with Gasteiger partial charge in [-0.25, -0.2) is 0 Å². The van der Waals surface area contributed by atoms with Gasteiger partial charge in [0.25, 0.3) is 0 Å². The Morgan fingerprint density at radius 2 is 2.18 bits per heavy atom. The number of nitrogens with zero attached hydrogens (tertiary/aromatic N) is 3. The molecular weight excluding hydrogens is 288 g/mol. The smallest absolute Gasteiger partial charge is 0.163 e. The summed E-state index contributed by atoms with van der Waals surface area (Å²) >= 11 is 0. The zero-order valence-corrected chi connectivity index (χ0v) is 12.5. The lowest BCUT2D eigenvalue weighted by Gasteiger charge is -2.18. The molecule has 1 aromatic rings. The molecule has 1 aliphatic heterocycles. The summed E-state index contributed by atoms with van der Waals surface area (Å²) in [6, 6.07) is 2.04. The van der Waals surface area contributed by atoms with E-state index in [2.05, 4.69) is 4.99 Å². The minimum Gasteiger partial charge on any atom is -0.394 e. The number of hydrogen-bond donors (Lipinski definition) is 4. The van der Waals surface area contributed by atoms with Crippen molar-refractivity contribution in [3.05, 3.63) is 23.0 Å². The lowest BCUT2D eigenvalue weighted by atomic mass is 10.1. The van der Waals surface area contributed by atoms with E-state index in [4.69, 9.17) is 15.6 Å². The molecule has 0 aromatic carbocycles. The summed E-state index contributed by atoms with van der Waals surface area (Å²) in [4.78, 5) is 4.11. The summed E-state index contributed by atoms with van der Waals surface area (Å²) in [6.45, 7) is 3.63. The Hall–Kier alpha value is -1.92. The summed E-state index contributed by atoms with van der Waals surface area (Å²) in [6.07, 6.45) is -2.69. The molecule has 1 aromatic heterocycles. The van der Waals surface area contributed by atoms with Crippen molar-refractivity contribution in [2.24, 2.45) is 10.7 Å². The predicted molar refractivity (Wildman–Crippen MR) is 78.2 cm³/mol. The molecule has 0 spiro atoms. The van der Waals surface area contributed by atoms with Gasteiger partial charge in [0.05, 0.1) is 17.7 Å². The fraction of sp³-hybridized carbons (Fsp3) is 0.571. The number of nitrogens with two attached hydrogens (primary N) is 1. The van der Waals surface area contributed by atoms with Crippen LogP contribution in [0.2, 0.25) is 0 Å². The van der Waals surface area contributed by atoms with Crippen molar-refractivity contribution in [2.75, 3.05) is 13.2 Å². The molecule has 4 atom stereocenters. The highest BCUT2D eigenvalue weighted by Crippen LogP contribution is 2.32. The topological polar surface area (TPSA) is 137 Å². The van der Waals surface area contributed by atoms with Crippen molar-refractivity contribution in [3.63, 3.8) is 0 Å². The number of aliphatic hydroxyl groups excluding tert-OH is 3. The van der Waals surface area contributed by atoms with Crippen LogP contribution in [0.1, 0.15) is 30.0 Å². The number of aliphatic imine (C=N–C) groups is 1. The second-order valence-corrected chi connectivity index (χ2v) is 5.11. The van der Waals surface area contributed by atoms with E-state index in [1.165, 1.54) is 10.8 Å². The van der Waals surface area contributed by atoms with Crippen LogP contribution in [0.5, 0.6) is 0 Å². The molecule has 0 saturated carbocycles. The lowest BCUT2D eigenvalue weighted by Crippen LogP contribution is -2.33. The van der Waals surface area contributed by atoms with Gasteiger partial charge in [-0.1, -0.05) is 0 Å². The maximum absolute atomic E-state index is 10.1. The van der Waals surface area contributed by atoms with Crippen molar-refractivity contribution in [2.45, 2.75) is 38.4 Å². The number of aromatic nitrogens is 1. The number of amidine groups is 1. The third kappa shape index (κ3) is 2.60. The standard InChI is InChI=1S/C14H20N4O4/c1-3-17-13(16)10-7(2)18(5-8(10)4-15)14-12(21)11(20)9(6-19)22-14/h5,9,11-12,14,19-21H,3,6H2,1-2H3,(H2,16,17)/t9-,11-,12-,14-/m1/s1. The molecule has 2 heterocycles. The third-order valence-electron chi connectivity index (χ3n) is 3.78. The average Bonchev–Trinajstić information content (AvgIpc) is 2.97. The Balaban J connectivity index is 2.46. The summed E-state index contributed by atoms with van der Waals surface area (Å²) < 4.78 is 7.01. The molecule has 8 nitrogen and oxygen atoms in total. The molecule has 0 bridgehead atoms. The van der Waals surface area contributed by atoms with E-state index in [0.717, 1.165) is 0 Å². The molecular formula is C14H20N4O4. The van der Waals surface area contributed by atoms with Gasteiger partial charge in [-0.3, -0.25) is 4.99 Å². The molecule has 0 amide bonds. The Bertz CT molecular complexity index is 619. The summed E-state index contributed by atoms with van der Waals surface area (Å²) in [5.41, 5.74) is 7.30. The SMILES string of the molecule is CC/N=C(/N)c1c(C#N)cn([C@@H]2O[C@H](CO)[C@@H](O)[C@H]2O)c1C. The first kappa shape index (κ1) is 16.5. The van der Waals surface area contributed by atoms with E-state index < -0.39 is 31.1 Å². The van der Waals surface area contributed by atoms with Crippen molar-refractivity contribution in [1.29, 1.82) is 5.26 Å². The normalized spacial score (nSPS) is 28.8. The van der Waals surface area contributed by atoms with Crippen LogP contribution in [0.25, 0.3) is 0 Å². The number of aliphatic hydroxyl groups is 3. The van der Waals surface area contributed by atoms with Gasteiger partial charge < -0.3 is 30.4 Å². The van der Waals surface area contributed by atoms with Crippen LogP contribution in [0.15, 0.2) is 11.2 Å². The molecule has 120 valence electrons. The molecule has 0 radical (unpaired) electrons. The largest absolute Gasteiger partial charge is 0.394 e. The molecule has 5 N–H and O–H groups in total. The number of ether oxygens (including phenoxy) is 1. The maximum atomic E-state index is 10.1. The highest BCUT2D eigenvalue weighted by Gasteiger charge is 2.44.